The Hall–Kier alpha value is -2.09. The topological polar surface area (TPSA) is 20.3 Å². The minimum atomic E-state index is 0.0238. The Balaban J connectivity index is 2.18. The lowest BCUT2D eigenvalue weighted by molar-refractivity contribution is -0.132. The Morgan fingerprint density at radius 2 is 2.04 bits per heavy atom. The number of hydrogen-bond acceptors (Lipinski definition) is 1. The van der Waals surface area contributed by atoms with Gasteiger partial charge in [0.1, 0.15) is 0 Å². The predicted octanol–water partition coefficient (Wildman–Crippen LogP) is 5.10. The number of carbonyl (C=O) groups is 1. The van der Waals surface area contributed by atoms with Gasteiger partial charge in [-0.1, -0.05) is 68.0 Å². The normalized spacial score (nSPS) is 17.6. The van der Waals surface area contributed by atoms with Crippen LogP contribution in [0, 0.1) is 11.8 Å². The van der Waals surface area contributed by atoms with Gasteiger partial charge in [0, 0.05) is 6.20 Å². The first-order valence-corrected chi connectivity index (χ1v) is 8.37. The van der Waals surface area contributed by atoms with Crippen molar-refractivity contribution in [2.75, 3.05) is 0 Å². The summed E-state index contributed by atoms with van der Waals surface area (Å²) in [4.78, 5) is 14.8. The van der Waals surface area contributed by atoms with E-state index in [9.17, 15) is 4.79 Å². The average molecular weight is 309 g/mol. The van der Waals surface area contributed by atoms with Gasteiger partial charge >= 0.3 is 0 Å². The number of hydrogen-bond donors (Lipinski definition) is 0. The molecule has 0 N–H and O–H groups in total. The fourth-order valence-corrected chi connectivity index (χ4v) is 2.73. The van der Waals surface area contributed by atoms with Gasteiger partial charge in [0.2, 0.25) is 5.91 Å². The monoisotopic (exact) mass is 309 g/mol. The molecule has 0 spiro atoms. The molecule has 0 saturated heterocycles. The first kappa shape index (κ1) is 17.3. The lowest BCUT2D eigenvalue weighted by Crippen LogP contribution is -2.31. The summed E-state index contributed by atoms with van der Waals surface area (Å²) >= 11 is 0. The molecule has 0 fully saturated rings. The van der Waals surface area contributed by atoms with Crippen molar-refractivity contribution >= 4 is 5.91 Å². The standard InChI is InChI=1S/C21H27NO/c1-16(2)17(3)13-14-22(15-19-10-6-5-7-11-19)21(23)20-12-8-9-18(20)4/h5-7,9-11,13-14,16,20H,3,8,12,15H2,1-2,4H3/b14-13+/t20-/m0/s1. The first-order valence-electron chi connectivity index (χ1n) is 8.37. The zero-order valence-electron chi connectivity index (χ0n) is 14.5. The van der Waals surface area contributed by atoms with Crippen molar-refractivity contribution in [3.05, 3.63) is 72.0 Å². The molecule has 0 heterocycles. The molecule has 0 aliphatic heterocycles. The van der Waals surface area contributed by atoms with Gasteiger partial charge in [-0.15, -0.1) is 0 Å². The molecule has 0 saturated carbocycles. The molecule has 2 heteroatoms. The maximum Gasteiger partial charge on any atom is 0.234 e. The zero-order chi connectivity index (χ0) is 16.8. The average Bonchev–Trinajstić information content (AvgIpc) is 2.97. The third-order valence-corrected chi connectivity index (χ3v) is 4.46. The lowest BCUT2D eigenvalue weighted by atomic mass is 10.0. The first-order chi connectivity index (χ1) is 11.0. The summed E-state index contributed by atoms with van der Waals surface area (Å²) in [7, 11) is 0. The van der Waals surface area contributed by atoms with Crippen LogP contribution in [0.25, 0.3) is 0 Å². The molecule has 0 unspecified atom stereocenters. The van der Waals surface area contributed by atoms with E-state index in [2.05, 4.69) is 45.6 Å². The van der Waals surface area contributed by atoms with E-state index in [1.165, 1.54) is 5.57 Å². The van der Waals surface area contributed by atoms with E-state index in [1.54, 1.807) is 0 Å². The third kappa shape index (κ3) is 4.69. The quantitative estimate of drug-likeness (QED) is 0.529. The number of rotatable bonds is 6. The zero-order valence-corrected chi connectivity index (χ0v) is 14.5. The largest absolute Gasteiger partial charge is 0.314 e. The number of nitrogens with zero attached hydrogens (tertiary/aromatic N) is 1. The van der Waals surface area contributed by atoms with Crippen LogP contribution in [-0.2, 0) is 11.3 Å². The van der Waals surface area contributed by atoms with Gasteiger partial charge in [-0.25, -0.2) is 0 Å². The van der Waals surface area contributed by atoms with Gasteiger partial charge in [-0.3, -0.25) is 4.79 Å². The Morgan fingerprint density at radius 3 is 2.61 bits per heavy atom. The van der Waals surface area contributed by atoms with Gasteiger partial charge < -0.3 is 4.90 Å². The summed E-state index contributed by atoms with van der Waals surface area (Å²) in [6.45, 7) is 11.0. The minimum Gasteiger partial charge on any atom is -0.314 e. The SMILES string of the molecule is C=C(/C=C/N(Cc1ccccc1)C(=O)[C@H]1CCC=C1C)C(C)C. The lowest BCUT2D eigenvalue weighted by Gasteiger charge is -2.23. The molecule has 0 aromatic heterocycles. The molecule has 1 aromatic carbocycles. The fourth-order valence-electron chi connectivity index (χ4n) is 2.73. The molecule has 122 valence electrons. The highest BCUT2D eigenvalue weighted by atomic mass is 16.2. The van der Waals surface area contributed by atoms with Crippen molar-refractivity contribution in [3.8, 4) is 0 Å². The van der Waals surface area contributed by atoms with Gasteiger partial charge in [0.05, 0.1) is 12.5 Å². The third-order valence-electron chi connectivity index (χ3n) is 4.46. The highest BCUT2D eigenvalue weighted by molar-refractivity contribution is 5.83. The summed E-state index contributed by atoms with van der Waals surface area (Å²) in [5.74, 6) is 0.594. The van der Waals surface area contributed by atoms with Crippen molar-refractivity contribution in [3.63, 3.8) is 0 Å². The minimum absolute atomic E-state index is 0.0238. The van der Waals surface area contributed by atoms with Gasteiger partial charge in [-0.2, -0.15) is 0 Å². The Morgan fingerprint density at radius 1 is 1.35 bits per heavy atom. The van der Waals surface area contributed by atoms with Crippen LogP contribution in [0.15, 0.2) is 66.4 Å². The van der Waals surface area contributed by atoms with Crippen molar-refractivity contribution in [2.24, 2.45) is 11.8 Å². The molecule has 23 heavy (non-hydrogen) atoms. The van der Waals surface area contributed by atoms with Crippen LogP contribution in [0.5, 0.6) is 0 Å². The highest BCUT2D eigenvalue weighted by Crippen LogP contribution is 2.28. The van der Waals surface area contributed by atoms with E-state index in [1.807, 2.05) is 35.4 Å². The van der Waals surface area contributed by atoms with E-state index in [-0.39, 0.29) is 11.8 Å². The molecular weight excluding hydrogens is 282 g/mol. The number of carbonyl (C=O) groups excluding carboxylic acids is 1. The van der Waals surface area contributed by atoms with Crippen molar-refractivity contribution in [1.29, 1.82) is 0 Å². The number of amides is 1. The van der Waals surface area contributed by atoms with E-state index >= 15 is 0 Å². The molecule has 2 rings (SSSR count). The predicted molar refractivity (Wildman–Crippen MR) is 96.6 cm³/mol. The highest BCUT2D eigenvalue weighted by Gasteiger charge is 2.27. The van der Waals surface area contributed by atoms with Crippen molar-refractivity contribution in [1.82, 2.24) is 4.90 Å². The van der Waals surface area contributed by atoms with Crippen LogP contribution >= 0.6 is 0 Å². The molecular formula is C21H27NO. The second kappa shape index (κ2) is 7.96. The molecule has 1 atom stereocenters. The van der Waals surface area contributed by atoms with Crippen LogP contribution in [0.3, 0.4) is 0 Å². The summed E-state index contributed by atoms with van der Waals surface area (Å²) in [6.07, 6.45) is 7.99. The van der Waals surface area contributed by atoms with Crippen LogP contribution in [0.4, 0.5) is 0 Å². The molecule has 1 aliphatic carbocycles. The van der Waals surface area contributed by atoms with Crippen LogP contribution in [-0.4, -0.2) is 10.8 Å². The van der Waals surface area contributed by atoms with Crippen LogP contribution < -0.4 is 0 Å². The second-order valence-electron chi connectivity index (χ2n) is 6.58. The van der Waals surface area contributed by atoms with Gasteiger partial charge in [-0.05, 0) is 37.3 Å². The van der Waals surface area contributed by atoms with E-state index in [0.717, 1.165) is 24.0 Å². The second-order valence-corrected chi connectivity index (χ2v) is 6.58. The Labute approximate surface area is 140 Å². The van der Waals surface area contributed by atoms with E-state index in [0.29, 0.717) is 12.5 Å². The van der Waals surface area contributed by atoms with Crippen molar-refractivity contribution < 1.29 is 4.79 Å². The molecule has 1 amide bonds. The van der Waals surface area contributed by atoms with Gasteiger partial charge in [0.15, 0.2) is 0 Å². The smallest absolute Gasteiger partial charge is 0.234 e. The van der Waals surface area contributed by atoms with Gasteiger partial charge in [0.25, 0.3) is 0 Å². The number of allylic oxidation sites excluding steroid dienone is 3. The molecule has 2 nitrogen and oxygen atoms in total. The summed E-state index contributed by atoms with van der Waals surface area (Å²) in [6, 6.07) is 10.1. The number of benzene rings is 1. The van der Waals surface area contributed by atoms with Crippen LogP contribution in [0.2, 0.25) is 0 Å². The maximum absolute atomic E-state index is 12.9. The molecule has 0 radical (unpaired) electrons. The molecule has 1 aliphatic rings. The summed E-state index contributed by atoms with van der Waals surface area (Å²) in [5, 5.41) is 0. The fraction of sp³-hybridized carbons (Fsp3) is 0.381. The molecule has 0 bridgehead atoms. The summed E-state index contributed by atoms with van der Waals surface area (Å²) < 4.78 is 0. The van der Waals surface area contributed by atoms with Crippen LogP contribution in [0.1, 0.15) is 39.2 Å². The summed E-state index contributed by atoms with van der Waals surface area (Å²) in [5.41, 5.74) is 3.37. The Bertz CT molecular complexity index is 610. The van der Waals surface area contributed by atoms with E-state index in [4.69, 9.17) is 0 Å². The molecule has 1 aromatic rings. The van der Waals surface area contributed by atoms with Crippen molar-refractivity contribution in [2.45, 2.75) is 40.2 Å². The van der Waals surface area contributed by atoms with E-state index < -0.39 is 0 Å². The maximum atomic E-state index is 12.9. The Kier molecular flexibility index (Phi) is 5.97.